The van der Waals surface area contributed by atoms with E-state index < -0.39 is 27.4 Å². The summed E-state index contributed by atoms with van der Waals surface area (Å²) in [6, 6.07) is 7.38. The van der Waals surface area contributed by atoms with Crippen molar-refractivity contribution in [2.75, 3.05) is 20.9 Å². The summed E-state index contributed by atoms with van der Waals surface area (Å²) >= 11 is 0. The maximum absolute atomic E-state index is 14.0. The molecule has 0 amide bonds. The number of hydrogen-bond donors (Lipinski definition) is 0. The Morgan fingerprint density at radius 2 is 1.84 bits per heavy atom. The molecule has 0 unspecified atom stereocenters. The van der Waals surface area contributed by atoms with E-state index >= 15 is 0 Å². The summed E-state index contributed by atoms with van der Waals surface area (Å²) in [5.41, 5.74) is -0.486. The van der Waals surface area contributed by atoms with Crippen molar-refractivity contribution in [1.82, 2.24) is 4.31 Å². The summed E-state index contributed by atoms with van der Waals surface area (Å²) in [7, 11) is -1.13. The van der Waals surface area contributed by atoms with Crippen LogP contribution in [0.15, 0.2) is 41.3 Å². The molecule has 1 heterocycles. The van der Waals surface area contributed by atoms with Crippen LogP contribution in [0.4, 0.5) is 4.39 Å². The molecule has 132 valence electrons. The SMILES string of the molecule is CN(C)S(=O)(=O)c1ccc(F)c(C(=O)Oc2ccc3c(c2)OCO3)c1. The minimum Gasteiger partial charge on any atom is -0.454 e. The fraction of sp³-hybridized carbons (Fsp3) is 0.188. The number of hydrogen-bond acceptors (Lipinski definition) is 6. The molecule has 3 rings (SSSR count). The van der Waals surface area contributed by atoms with Crippen molar-refractivity contribution in [2.24, 2.45) is 0 Å². The van der Waals surface area contributed by atoms with Gasteiger partial charge in [-0.2, -0.15) is 0 Å². The van der Waals surface area contributed by atoms with Crippen molar-refractivity contribution in [1.29, 1.82) is 0 Å². The number of benzene rings is 2. The number of carbonyl (C=O) groups is 1. The van der Waals surface area contributed by atoms with E-state index in [1.165, 1.54) is 26.2 Å². The molecule has 0 fully saturated rings. The number of ether oxygens (including phenoxy) is 3. The molecule has 0 saturated heterocycles. The zero-order valence-electron chi connectivity index (χ0n) is 13.4. The molecule has 0 radical (unpaired) electrons. The van der Waals surface area contributed by atoms with Gasteiger partial charge in [-0.3, -0.25) is 0 Å². The molecule has 2 aromatic carbocycles. The van der Waals surface area contributed by atoms with Crippen molar-refractivity contribution < 1.29 is 31.8 Å². The van der Waals surface area contributed by atoms with Crippen molar-refractivity contribution in [3.63, 3.8) is 0 Å². The number of fused-ring (bicyclic) bond motifs is 1. The van der Waals surface area contributed by atoms with Gasteiger partial charge in [0.15, 0.2) is 11.5 Å². The second-order valence-corrected chi connectivity index (χ2v) is 7.49. The quantitative estimate of drug-likeness (QED) is 0.607. The van der Waals surface area contributed by atoms with Gasteiger partial charge in [-0.05, 0) is 30.3 Å². The molecular weight excluding hydrogens is 353 g/mol. The van der Waals surface area contributed by atoms with Gasteiger partial charge in [-0.1, -0.05) is 0 Å². The van der Waals surface area contributed by atoms with Gasteiger partial charge >= 0.3 is 5.97 Å². The average Bonchev–Trinajstić information content (AvgIpc) is 3.02. The van der Waals surface area contributed by atoms with Crippen LogP contribution in [-0.2, 0) is 10.0 Å². The van der Waals surface area contributed by atoms with E-state index in [1.54, 1.807) is 6.07 Å². The number of halogens is 1. The normalized spacial score (nSPS) is 13.1. The minimum atomic E-state index is -3.81. The van der Waals surface area contributed by atoms with Crippen molar-refractivity contribution in [3.8, 4) is 17.2 Å². The lowest BCUT2D eigenvalue weighted by molar-refractivity contribution is 0.0729. The monoisotopic (exact) mass is 367 g/mol. The second-order valence-electron chi connectivity index (χ2n) is 5.33. The summed E-state index contributed by atoms with van der Waals surface area (Å²) in [6.45, 7) is 0.0613. The topological polar surface area (TPSA) is 82.1 Å². The standard InChI is InChI=1S/C16H14FNO6S/c1-18(2)25(20,21)11-4-5-13(17)12(8-11)16(19)24-10-3-6-14-15(7-10)23-9-22-14/h3-8H,9H2,1-2H3. The Kier molecular flexibility index (Phi) is 4.36. The van der Waals surface area contributed by atoms with Gasteiger partial charge in [-0.25, -0.2) is 21.9 Å². The van der Waals surface area contributed by atoms with Crippen LogP contribution in [0.25, 0.3) is 0 Å². The maximum atomic E-state index is 14.0. The fourth-order valence-corrected chi connectivity index (χ4v) is 3.06. The first-order chi connectivity index (χ1) is 11.8. The van der Waals surface area contributed by atoms with Crippen LogP contribution in [-0.4, -0.2) is 39.6 Å². The second kappa shape index (κ2) is 6.34. The number of rotatable bonds is 4. The molecule has 1 aliphatic rings. The van der Waals surface area contributed by atoms with E-state index in [9.17, 15) is 17.6 Å². The lowest BCUT2D eigenvalue weighted by Gasteiger charge is -2.12. The predicted octanol–water partition coefficient (Wildman–Crippen LogP) is 2.02. The molecule has 9 heteroatoms. The van der Waals surface area contributed by atoms with Gasteiger partial charge in [0.05, 0.1) is 10.5 Å². The van der Waals surface area contributed by atoms with E-state index in [0.717, 1.165) is 22.5 Å². The predicted molar refractivity (Wildman–Crippen MR) is 84.8 cm³/mol. The third-order valence-electron chi connectivity index (χ3n) is 3.49. The smallest absolute Gasteiger partial charge is 0.346 e. The van der Waals surface area contributed by atoms with Crippen LogP contribution in [0.3, 0.4) is 0 Å². The summed E-state index contributed by atoms with van der Waals surface area (Å²) in [5.74, 6) is -0.884. The Bertz CT molecular complexity index is 942. The summed E-state index contributed by atoms with van der Waals surface area (Å²) in [5, 5.41) is 0. The van der Waals surface area contributed by atoms with Crippen molar-refractivity contribution >= 4 is 16.0 Å². The average molecular weight is 367 g/mol. The highest BCUT2D eigenvalue weighted by molar-refractivity contribution is 7.89. The molecule has 0 saturated carbocycles. The zero-order chi connectivity index (χ0) is 18.2. The van der Waals surface area contributed by atoms with Crippen LogP contribution in [0.5, 0.6) is 17.2 Å². The number of esters is 1. The van der Waals surface area contributed by atoms with E-state index in [2.05, 4.69) is 0 Å². The number of carbonyl (C=O) groups excluding carboxylic acids is 1. The molecule has 0 N–H and O–H groups in total. The van der Waals surface area contributed by atoms with Crippen molar-refractivity contribution in [2.45, 2.75) is 4.90 Å². The highest BCUT2D eigenvalue weighted by Crippen LogP contribution is 2.35. The molecule has 0 aliphatic carbocycles. The third-order valence-corrected chi connectivity index (χ3v) is 5.30. The Balaban J connectivity index is 1.89. The summed E-state index contributed by atoms with van der Waals surface area (Å²) in [6.07, 6.45) is 0. The molecule has 7 nitrogen and oxygen atoms in total. The molecule has 0 atom stereocenters. The molecule has 0 spiro atoms. The number of nitrogens with zero attached hydrogens (tertiary/aromatic N) is 1. The lowest BCUT2D eigenvalue weighted by atomic mass is 10.2. The molecule has 25 heavy (non-hydrogen) atoms. The van der Waals surface area contributed by atoms with Crippen molar-refractivity contribution in [3.05, 3.63) is 47.8 Å². The Labute approximate surface area is 143 Å². The highest BCUT2D eigenvalue weighted by Gasteiger charge is 2.23. The Hall–Kier alpha value is -2.65. The minimum absolute atomic E-state index is 0.0613. The van der Waals surface area contributed by atoms with E-state index in [-0.39, 0.29) is 17.4 Å². The summed E-state index contributed by atoms with van der Waals surface area (Å²) < 4.78 is 54.6. The molecular formula is C16H14FNO6S. The van der Waals surface area contributed by atoms with Gasteiger partial charge in [0.1, 0.15) is 11.6 Å². The Morgan fingerprint density at radius 1 is 1.12 bits per heavy atom. The number of sulfonamides is 1. The van der Waals surface area contributed by atoms with Gasteiger partial charge in [0.2, 0.25) is 16.8 Å². The molecule has 2 aromatic rings. The van der Waals surface area contributed by atoms with Crippen LogP contribution >= 0.6 is 0 Å². The molecule has 0 bridgehead atoms. The van der Waals surface area contributed by atoms with Gasteiger partial charge in [0, 0.05) is 20.2 Å². The fourth-order valence-electron chi connectivity index (χ4n) is 2.13. The third kappa shape index (κ3) is 3.28. The van der Waals surface area contributed by atoms with Crippen LogP contribution in [0, 0.1) is 5.82 Å². The van der Waals surface area contributed by atoms with Gasteiger partial charge < -0.3 is 14.2 Å². The first-order valence-electron chi connectivity index (χ1n) is 7.13. The summed E-state index contributed by atoms with van der Waals surface area (Å²) in [4.78, 5) is 12.0. The van der Waals surface area contributed by atoms with E-state index in [1.807, 2.05) is 0 Å². The largest absolute Gasteiger partial charge is 0.454 e. The highest BCUT2D eigenvalue weighted by atomic mass is 32.2. The zero-order valence-corrected chi connectivity index (χ0v) is 14.2. The van der Waals surface area contributed by atoms with Gasteiger partial charge in [-0.15, -0.1) is 0 Å². The van der Waals surface area contributed by atoms with E-state index in [4.69, 9.17) is 14.2 Å². The first-order valence-corrected chi connectivity index (χ1v) is 8.57. The molecule has 1 aliphatic heterocycles. The van der Waals surface area contributed by atoms with E-state index in [0.29, 0.717) is 11.5 Å². The van der Waals surface area contributed by atoms with Crippen LogP contribution < -0.4 is 14.2 Å². The van der Waals surface area contributed by atoms with Crippen LogP contribution in [0.1, 0.15) is 10.4 Å². The Morgan fingerprint density at radius 3 is 2.56 bits per heavy atom. The van der Waals surface area contributed by atoms with Crippen LogP contribution in [0.2, 0.25) is 0 Å². The lowest BCUT2D eigenvalue weighted by Crippen LogP contribution is -2.23. The molecule has 0 aromatic heterocycles. The maximum Gasteiger partial charge on any atom is 0.346 e. The van der Waals surface area contributed by atoms with Gasteiger partial charge in [0.25, 0.3) is 0 Å². The first kappa shape index (κ1) is 17.2.